The Bertz CT molecular complexity index is 544. The first-order valence-electron chi connectivity index (χ1n) is 7.12. The van der Waals surface area contributed by atoms with Crippen molar-refractivity contribution in [2.45, 2.75) is 26.7 Å². The Morgan fingerprint density at radius 2 is 1.95 bits per heavy atom. The van der Waals surface area contributed by atoms with Crippen LogP contribution in [0.4, 0.5) is 0 Å². The molecule has 1 aromatic heterocycles. The number of amides is 1. The lowest BCUT2D eigenvalue weighted by Gasteiger charge is -2.12. The fraction of sp³-hybridized carbons (Fsp3) is 0.375. The molecule has 1 amide bonds. The number of para-hydroxylation sites is 1. The number of aromatic nitrogens is 2. The first-order valence-corrected chi connectivity index (χ1v) is 7.12. The molecule has 0 saturated heterocycles. The average Bonchev–Trinajstić information content (AvgIpc) is 2.99. The third-order valence-electron chi connectivity index (χ3n) is 3.57. The molecule has 2 aromatic rings. The number of carbonyl (C=O) groups is 1. The smallest absolute Gasteiger partial charge is 0.254 e. The van der Waals surface area contributed by atoms with Gasteiger partial charge in [-0.1, -0.05) is 44.9 Å². The van der Waals surface area contributed by atoms with Gasteiger partial charge < -0.3 is 5.32 Å². The van der Waals surface area contributed by atoms with E-state index in [9.17, 15) is 4.79 Å². The molecule has 0 aliphatic heterocycles. The molecule has 20 heavy (non-hydrogen) atoms. The maximum Gasteiger partial charge on any atom is 0.254 e. The highest BCUT2D eigenvalue weighted by Gasteiger charge is 2.11. The quantitative estimate of drug-likeness (QED) is 0.877. The van der Waals surface area contributed by atoms with Gasteiger partial charge in [0.15, 0.2) is 0 Å². The van der Waals surface area contributed by atoms with Crippen LogP contribution in [0.2, 0.25) is 0 Å². The van der Waals surface area contributed by atoms with Gasteiger partial charge in [0.25, 0.3) is 5.91 Å². The number of nitrogens with one attached hydrogen (secondary N) is 1. The van der Waals surface area contributed by atoms with Gasteiger partial charge >= 0.3 is 0 Å². The maximum absolute atomic E-state index is 12.1. The van der Waals surface area contributed by atoms with Crippen LogP contribution in [0.3, 0.4) is 0 Å². The molecule has 1 aromatic carbocycles. The molecule has 0 radical (unpaired) electrons. The summed E-state index contributed by atoms with van der Waals surface area (Å²) in [6, 6.07) is 9.77. The van der Waals surface area contributed by atoms with E-state index in [1.807, 2.05) is 30.3 Å². The zero-order valence-corrected chi connectivity index (χ0v) is 12.0. The second-order valence-electron chi connectivity index (χ2n) is 4.90. The summed E-state index contributed by atoms with van der Waals surface area (Å²) in [6.45, 7) is 5.02. The lowest BCUT2D eigenvalue weighted by Crippen LogP contribution is -2.28. The number of benzene rings is 1. The summed E-state index contributed by atoms with van der Waals surface area (Å²) < 4.78 is 1.71. The summed E-state index contributed by atoms with van der Waals surface area (Å²) in [5.41, 5.74) is 1.55. The van der Waals surface area contributed by atoms with Crippen molar-refractivity contribution in [1.29, 1.82) is 0 Å². The van der Waals surface area contributed by atoms with Crippen molar-refractivity contribution in [3.05, 3.63) is 48.3 Å². The fourth-order valence-electron chi connectivity index (χ4n) is 2.08. The molecule has 0 bridgehead atoms. The molecular formula is C16H21N3O. The number of hydrogen-bond donors (Lipinski definition) is 1. The van der Waals surface area contributed by atoms with Crippen molar-refractivity contribution in [3.63, 3.8) is 0 Å². The van der Waals surface area contributed by atoms with Crippen LogP contribution < -0.4 is 5.32 Å². The van der Waals surface area contributed by atoms with Crippen molar-refractivity contribution in [3.8, 4) is 5.69 Å². The monoisotopic (exact) mass is 271 g/mol. The number of nitrogens with zero attached hydrogens (tertiary/aromatic N) is 2. The van der Waals surface area contributed by atoms with Gasteiger partial charge in [0.2, 0.25) is 0 Å². The molecule has 0 spiro atoms. The minimum absolute atomic E-state index is 0.0564. The Hall–Kier alpha value is -2.10. The van der Waals surface area contributed by atoms with E-state index in [0.29, 0.717) is 11.5 Å². The Morgan fingerprint density at radius 3 is 2.60 bits per heavy atom. The Balaban J connectivity index is 2.00. The average molecular weight is 271 g/mol. The fourth-order valence-corrected chi connectivity index (χ4v) is 2.08. The van der Waals surface area contributed by atoms with Gasteiger partial charge in [0.05, 0.1) is 17.4 Å². The van der Waals surface area contributed by atoms with Gasteiger partial charge in [-0.25, -0.2) is 4.68 Å². The molecule has 0 fully saturated rings. The van der Waals surface area contributed by atoms with Crippen LogP contribution in [-0.4, -0.2) is 22.2 Å². The summed E-state index contributed by atoms with van der Waals surface area (Å²) in [6.07, 6.45) is 5.53. The van der Waals surface area contributed by atoms with Crippen molar-refractivity contribution in [1.82, 2.24) is 15.1 Å². The van der Waals surface area contributed by atoms with E-state index in [4.69, 9.17) is 0 Å². The largest absolute Gasteiger partial charge is 0.352 e. The molecule has 0 atom stereocenters. The van der Waals surface area contributed by atoms with Crippen LogP contribution in [0.25, 0.3) is 5.69 Å². The van der Waals surface area contributed by atoms with Crippen LogP contribution in [0.1, 0.15) is 37.0 Å². The highest BCUT2D eigenvalue weighted by atomic mass is 16.1. The van der Waals surface area contributed by atoms with Crippen LogP contribution in [0, 0.1) is 5.92 Å². The Labute approximate surface area is 119 Å². The van der Waals surface area contributed by atoms with Crippen molar-refractivity contribution >= 4 is 5.91 Å². The van der Waals surface area contributed by atoms with Gasteiger partial charge in [-0.3, -0.25) is 4.79 Å². The third-order valence-corrected chi connectivity index (χ3v) is 3.57. The van der Waals surface area contributed by atoms with Gasteiger partial charge in [0, 0.05) is 12.7 Å². The molecule has 0 aliphatic rings. The molecule has 0 unspecified atom stereocenters. The molecule has 4 nitrogen and oxygen atoms in total. The second-order valence-corrected chi connectivity index (χ2v) is 4.90. The normalized spacial score (nSPS) is 10.8. The van der Waals surface area contributed by atoms with Gasteiger partial charge in [0.1, 0.15) is 0 Å². The number of rotatable bonds is 6. The first kappa shape index (κ1) is 14.3. The minimum atomic E-state index is -0.0564. The van der Waals surface area contributed by atoms with E-state index >= 15 is 0 Å². The molecule has 1 heterocycles. The van der Waals surface area contributed by atoms with Gasteiger partial charge in [-0.15, -0.1) is 0 Å². The topological polar surface area (TPSA) is 46.9 Å². The number of hydrogen-bond acceptors (Lipinski definition) is 2. The van der Waals surface area contributed by atoms with Crippen molar-refractivity contribution in [2.24, 2.45) is 5.92 Å². The summed E-state index contributed by atoms with van der Waals surface area (Å²) in [5.74, 6) is 0.488. The van der Waals surface area contributed by atoms with Crippen molar-refractivity contribution < 1.29 is 4.79 Å². The van der Waals surface area contributed by atoms with E-state index in [1.165, 1.54) is 0 Å². The predicted octanol–water partition coefficient (Wildman–Crippen LogP) is 3.04. The van der Waals surface area contributed by atoms with Crippen molar-refractivity contribution in [2.75, 3.05) is 6.54 Å². The van der Waals surface area contributed by atoms with Crippen LogP contribution >= 0.6 is 0 Å². The van der Waals surface area contributed by atoms with E-state index in [2.05, 4.69) is 24.3 Å². The second kappa shape index (κ2) is 6.89. The highest BCUT2D eigenvalue weighted by molar-refractivity contribution is 5.93. The van der Waals surface area contributed by atoms with E-state index in [0.717, 1.165) is 25.1 Å². The minimum Gasteiger partial charge on any atom is -0.352 e. The molecule has 106 valence electrons. The lowest BCUT2D eigenvalue weighted by molar-refractivity contribution is 0.0946. The summed E-state index contributed by atoms with van der Waals surface area (Å²) in [7, 11) is 0. The summed E-state index contributed by atoms with van der Waals surface area (Å²) in [5, 5.41) is 7.20. The summed E-state index contributed by atoms with van der Waals surface area (Å²) in [4.78, 5) is 12.1. The maximum atomic E-state index is 12.1. The van der Waals surface area contributed by atoms with Crippen LogP contribution in [-0.2, 0) is 0 Å². The predicted molar refractivity (Wildman–Crippen MR) is 80.0 cm³/mol. The molecule has 1 N–H and O–H groups in total. The zero-order chi connectivity index (χ0) is 14.4. The van der Waals surface area contributed by atoms with E-state index in [1.54, 1.807) is 17.1 Å². The Morgan fingerprint density at radius 1 is 1.25 bits per heavy atom. The third kappa shape index (κ3) is 3.47. The SMILES string of the molecule is CCC(CC)CNC(=O)c1cnn(-c2ccccc2)c1. The molecular weight excluding hydrogens is 250 g/mol. The zero-order valence-electron chi connectivity index (χ0n) is 12.0. The van der Waals surface area contributed by atoms with Gasteiger partial charge in [-0.05, 0) is 18.1 Å². The first-order chi connectivity index (χ1) is 9.74. The van der Waals surface area contributed by atoms with Crippen LogP contribution in [0.5, 0.6) is 0 Å². The standard InChI is InChI=1S/C16H21N3O/c1-3-13(4-2)10-17-16(20)14-11-18-19(12-14)15-8-6-5-7-9-15/h5-9,11-13H,3-4,10H2,1-2H3,(H,17,20). The Kier molecular flexibility index (Phi) is 4.93. The van der Waals surface area contributed by atoms with Gasteiger partial charge in [-0.2, -0.15) is 5.10 Å². The lowest BCUT2D eigenvalue weighted by atomic mass is 10.0. The van der Waals surface area contributed by atoms with Crippen LogP contribution in [0.15, 0.2) is 42.7 Å². The molecule has 2 rings (SSSR count). The molecule has 4 heteroatoms. The molecule has 0 saturated carbocycles. The molecule has 0 aliphatic carbocycles. The van der Waals surface area contributed by atoms with E-state index < -0.39 is 0 Å². The summed E-state index contributed by atoms with van der Waals surface area (Å²) >= 11 is 0. The highest BCUT2D eigenvalue weighted by Crippen LogP contribution is 2.09. The van der Waals surface area contributed by atoms with E-state index in [-0.39, 0.29) is 5.91 Å². The number of carbonyl (C=O) groups excluding carboxylic acids is 1.